The molecule has 22 heavy (non-hydrogen) atoms. The molecule has 2 aliphatic rings. The molecule has 0 saturated carbocycles. The van der Waals surface area contributed by atoms with Crippen LogP contribution in [-0.4, -0.2) is 21.4 Å². The molecule has 0 amide bonds. The predicted molar refractivity (Wildman–Crippen MR) is 89.4 cm³/mol. The predicted octanol–water partition coefficient (Wildman–Crippen LogP) is 3.31. The molecule has 0 aliphatic carbocycles. The van der Waals surface area contributed by atoms with Crippen molar-refractivity contribution in [2.75, 3.05) is 12.0 Å². The number of thioether (sulfide) groups is 1. The molecule has 0 unspecified atom stereocenters. The second kappa shape index (κ2) is 5.61. The summed E-state index contributed by atoms with van der Waals surface area (Å²) in [5.41, 5.74) is 6.65. The minimum Gasteiger partial charge on any atom is -0.307 e. The van der Waals surface area contributed by atoms with Crippen LogP contribution in [0.25, 0.3) is 5.70 Å². The first-order valence-corrected chi connectivity index (χ1v) is 8.57. The van der Waals surface area contributed by atoms with Gasteiger partial charge in [0.2, 0.25) is 5.16 Å². The summed E-state index contributed by atoms with van der Waals surface area (Å²) in [5.74, 6) is 0.955. The van der Waals surface area contributed by atoms with Crippen molar-refractivity contribution in [2.45, 2.75) is 31.0 Å². The molecule has 2 N–H and O–H groups in total. The van der Waals surface area contributed by atoms with E-state index in [0.717, 1.165) is 45.8 Å². The van der Waals surface area contributed by atoms with Gasteiger partial charge < -0.3 is 5.32 Å². The Morgan fingerprint density at radius 1 is 1.36 bits per heavy atom. The second-order valence-corrected chi connectivity index (χ2v) is 6.79. The fourth-order valence-corrected chi connectivity index (χ4v) is 3.66. The number of nitrogens with one attached hydrogen (secondary N) is 2. The highest BCUT2D eigenvalue weighted by atomic mass is 35.5. The second-order valence-electron chi connectivity index (χ2n) is 5.55. The normalized spacial score (nSPS) is 20.5. The zero-order valence-electron chi connectivity index (χ0n) is 12.1. The number of rotatable bonds is 2. The van der Waals surface area contributed by atoms with E-state index in [1.54, 1.807) is 11.8 Å². The lowest BCUT2D eigenvalue weighted by molar-refractivity contribution is 0.577. The van der Waals surface area contributed by atoms with Gasteiger partial charge in [-0.2, -0.15) is 0 Å². The maximum Gasteiger partial charge on any atom is 0.214 e. The first-order chi connectivity index (χ1) is 10.7. The molecule has 0 radical (unpaired) electrons. The lowest BCUT2D eigenvalue weighted by Crippen LogP contribution is -2.24. The van der Waals surface area contributed by atoms with Crippen LogP contribution in [0.5, 0.6) is 0 Å². The van der Waals surface area contributed by atoms with Crippen molar-refractivity contribution < 1.29 is 0 Å². The largest absolute Gasteiger partial charge is 0.307 e. The van der Waals surface area contributed by atoms with Crippen LogP contribution in [0, 0.1) is 6.92 Å². The van der Waals surface area contributed by atoms with Gasteiger partial charge in [0.05, 0.1) is 11.7 Å². The summed E-state index contributed by atoms with van der Waals surface area (Å²) in [4.78, 5) is 0. The minimum atomic E-state index is 0.278. The van der Waals surface area contributed by atoms with Crippen molar-refractivity contribution in [1.82, 2.24) is 20.2 Å². The summed E-state index contributed by atoms with van der Waals surface area (Å²) in [7, 11) is 0. The van der Waals surface area contributed by atoms with E-state index in [1.165, 1.54) is 6.42 Å². The van der Waals surface area contributed by atoms with E-state index in [-0.39, 0.29) is 6.04 Å². The van der Waals surface area contributed by atoms with Gasteiger partial charge in [-0.25, -0.2) is 4.68 Å². The molecule has 0 spiro atoms. The van der Waals surface area contributed by atoms with E-state index in [4.69, 9.17) is 11.6 Å². The third-order valence-electron chi connectivity index (χ3n) is 4.01. The van der Waals surface area contributed by atoms with Gasteiger partial charge in [0, 0.05) is 16.0 Å². The van der Waals surface area contributed by atoms with Crippen LogP contribution in [0.2, 0.25) is 5.02 Å². The molecule has 1 saturated heterocycles. The average molecular weight is 334 g/mol. The lowest BCUT2D eigenvalue weighted by Gasteiger charge is -2.21. The number of halogens is 1. The van der Waals surface area contributed by atoms with E-state index < -0.39 is 0 Å². The first-order valence-electron chi connectivity index (χ1n) is 7.31. The van der Waals surface area contributed by atoms with E-state index in [9.17, 15) is 0 Å². The van der Waals surface area contributed by atoms with Crippen LogP contribution >= 0.6 is 23.4 Å². The molecule has 1 fully saturated rings. The Labute approximate surface area is 138 Å². The molecule has 4 rings (SSSR count). The lowest BCUT2D eigenvalue weighted by atomic mass is 10.1. The smallest absolute Gasteiger partial charge is 0.214 e. The quantitative estimate of drug-likeness (QED) is 0.883. The van der Waals surface area contributed by atoms with Gasteiger partial charge >= 0.3 is 0 Å². The Morgan fingerprint density at radius 2 is 2.27 bits per heavy atom. The van der Waals surface area contributed by atoms with Crippen LogP contribution in [0.1, 0.15) is 35.8 Å². The molecule has 3 heterocycles. The number of aromatic nitrogens is 3. The third kappa shape index (κ3) is 2.41. The standard InChI is InChI=1S/C15H16ClN5S/c1-9-7-10(4-5-11(9)16)13-8-22-15-19-18-14(21(15)20-13)12-3-2-6-17-12/h4-5,7-8,12,17,20H,2-3,6H2,1H3/t12-/m1/s1. The molecular formula is C15H16ClN5S. The van der Waals surface area contributed by atoms with Crippen LogP contribution < -0.4 is 10.7 Å². The molecule has 2 aromatic rings. The van der Waals surface area contributed by atoms with Crippen LogP contribution in [-0.2, 0) is 0 Å². The molecule has 1 atom stereocenters. The molecule has 5 nitrogen and oxygen atoms in total. The topological polar surface area (TPSA) is 54.8 Å². The maximum absolute atomic E-state index is 6.12. The summed E-state index contributed by atoms with van der Waals surface area (Å²) in [6.45, 7) is 3.06. The van der Waals surface area contributed by atoms with Gasteiger partial charge in [-0.3, -0.25) is 5.43 Å². The van der Waals surface area contributed by atoms with Gasteiger partial charge in [0.15, 0.2) is 5.82 Å². The van der Waals surface area contributed by atoms with Crippen molar-refractivity contribution in [3.63, 3.8) is 0 Å². The Kier molecular flexibility index (Phi) is 3.60. The molecule has 1 aromatic carbocycles. The third-order valence-corrected chi connectivity index (χ3v) is 5.27. The number of hydrogen-bond acceptors (Lipinski definition) is 5. The average Bonchev–Trinajstić information content (AvgIpc) is 3.17. The monoisotopic (exact) mass is 333 g/mol. The Morgan fingerprint density at radius 3 is 3.05 bits per heavy atom. The van der Waals surface area contributed by atoms with Crippen LogP contribution in [0.4, 0.5) is 0 Å². The highest BCUT2D eigenvalue weighted by molar-refractivity contribution is 8.02. The van der Waals surface area contributed by atoms with E-state index in [0.29, 0.717) is 0 Å². The van der Waals surface area contributed by atoms with E-state index >= 15 is 0 Å². The number of fused-ring (bicyclic) bond motifs is 1. The minimum absolute atomic E-state index is 0.278. The van der Waals surface area contributed by atoms with Crippen molar-refractivity contribution >= 4 is 29.1 Å². The zero-order valence-corrected chi connectivity index (χ0v) is 13.7. The number of hydrogen-bond donors (Lipinski definition) is 2. The summed E-state index contributed by atoms with van der Waals surface area (Å²) in [6, 6.07) is 6.32. The highest BCUT2D eigenvalue weighted by Gasteiger charge is 2.26. The van der Waals surface area contributed by atoms with Gasteiger partial charge in [-0.1, -0.05) is 29.4 Å². The number of nitrogens with zero attached hydrogens (tertiary/aromatic N) is 3. The molecule has 7 heteroatoms. The van der Waals surface area contributed by atoms with Gasteiger partial charge in [-0.05, 0) is 44.0 Å². The maximum atomic E-state index is 6.12. The van der Waals surface area contributed by atoms with Gasteiger partial charge in [-0.15, -0.1) is 10.2 Å². The first kappa shape index (κ1) is 14.1. The molecule has 1 aromatic heterocycles. The molecule has 0 bridgehead atoms. The molecular weight excluding hydrogens is 318 g/mol. The number of aryl methyl sites for hydroxylation is 1. The molecule has 2 aliphatic heterocycles. The van der Waals surface area contributed by atoms with Gasteiger partial charge in [0.25, 0.3) is 0 Å². The summed E-state index contributed by atoms with van der Waals surface area (Å²) in [6.07, 6.45) is 2.28. The Bertz CT molecular complexity index is 748. The van der Waals surface area contributed by atoms with E-state index in [1.807, 2.05) is 23.7 Å². The SMILES string of the molecule is Cc1cc(C2=CSc3nnc([C@H]4CCCN4)n3N2)ccc1Cl. The van der Waals surface area contributed by atoms with Crippen molar-refractivity contribution in [1.29, 1.82) is 0 Å². The Hall–Kier alpha value is -1.50. The fourth-order valence-electron chi connectivity index (χ4n) is 2.80. The summed E-state index contributed by atoms with van der Waals surface area (Å²) in [5, 5.41) is 15.8. The van der Waals surface area contributed by atoms with Gasteiger partial charge in [0.1, 0.15) is 0 Å². The zero-order chi connectivity index (χ0) is 15.1. The van der Waals surface area contributed by atoms with E-state index in [2.05, 4.69) is 32.4 Å². The summed E-state index contributed by atoms with van der Waals surface area (Å²) < 4.78 is 1.99. The number of benzene rings is 1. The van der Waals surface area contributed by atoms with Crippen molar-refractivity contribution in [3.05, 3.63) is 45.6 Å². The Balaban J connectivity index is 1.65. The fraction of sp³-hybridized carbons (Fsp3) is 0.333. The molecule has 114 valence electrons. The van der Waals surface area contributed by atoms with Crippen molar-refractivity contribution in [2.24, 2.45) is 0 Å². The van der Waals surface area contributed by atoms with Crippen molar-refractivity contribution in [3.8, 4) is 0 Å². The highest BCUT2D eigenvalue weighted by Crippen LogP contribution is 2.32. The van der Waals surface area contributed by atoms with Crippen LogP contribution in [0.15, 0.2) is 28.8 Å². The summed E-state index contributed by atoms with van der Waals surface area (Å²) >= 11 is 7.70. The van der Waals surface area contributed by atoms with Crippen LogP contribution in [0.3, 0.4) is 0 Å².